The van der Waals surface area contributed by atoms with Crippen LogP contribution in [0.15, 0.2) is 0 Å². The molecular weight excluding hydrogens is 124 g/mol. The second-order valence-corrected chi connectivity index (χ2v) is 3.55. The van der Waals surface area contributed by atoms with Crippen molar-refractivity contribution in [3.8, 4) is 0 Å². The summed E-state index contributed by atoms with van der Waals surface area (Å²) in [6.07, 6.45) is 4.81. The van der Waals surface area contributed by atoms with Gasteiger partial charge in [-0.1, -0.05) is 0 Å². The summed E-state index contributed by atoms with van der Waals surface area (Å²) in [5.41, 5.74) is 0. The van der Waals surface area contributed by atoms with Gasteiger partial charge in [0, 0.05) is 12.6 Å². The van der Waals surface area contributed by atoms with Crippen molar-refractivity contribution in [2.45, 2.75) is 38.4 Å². The maximum absolute atomic E-state index is 3.60. The third-order valence-corrected chi connectivity index (χ3v) is 2.69. The molecule has 2 saturated heterocycles. The summed E-state index contributed by atoms with van der Waals surface area (Å²) < 4.78 is 0. The molecule has 0 spiro atoms. The van der Waals surface area contributed by atoms with Crippen LogP contribution < -0.4 is 5.32 Å². The first-order valence-electron chi connectivity index (χ1n) is 4.36. The largest absolute Gasteiger partial charge is 0.299 e. The molecule has 0 aromatic rings. The first-order valence-corrected chi connectivity index (χ1v) is 4.36. The number of fused-ring (bicyclic) bond motifs is 1. The Kier molecular flexibility index (Phi) is 1.66. The van der Waals surface area contributed by atoms with Crippen molar-refractivity contribution in [1.82, 2.24) is 10.2 Å². The maximum Gasteiger partial charge on any atom is 0.0599 e. The van der Waals surface area contributed by atoms with Gasteiger partial charge in [-0.2, -0.15) is 0 Å². The Hall–Kier alpha value is -0.0800. The van der Waals surface area contributed by atoms with Gasteiger partial charge in [0.15, 0.2) is 0 Å². The van der Waals surface area contributed by atoms with Gasteiger partial charge in [-0.25, -0.2) is 0 Å². The zero-order valence-corrected chi connectivity index (χ0v) is 6.64. The van der Waals surface area contributed by atoms with Crippen LogP contribution in [0, 0.1) is 0 Å². The van der Waals surface area contributed by atoms with Crippen molar-refractivity contribution in [3.05, 3.63) is 0 Å². The van der Waals surface area contributed by atoms with Gasteiger partial charge in [0.25, 0.3) is 0 Å². The highest BCUT2D eigenvalue weighted by atomic mass is 15.3. The van der Waals surface area contributed by atoms with Crippen molar-refractivity contribution in [2.24, 2.45) is 0 Å². The minimum Gasteiger partial charge on any atom is -0.299 e. The van der Waals surface area contributed by atoms with Crippen molar-refractivity contribution >= 4 is 0 Å². The normalized spacial score (nSPS) is 41.7. The maximum atomic E-state index is 3.60. The van der Waals surface area contributed by atoms with Gasteiger partial charge in [0.05, 0.1) is 6.17 Å². The van der Waals surface area contributed by atoms with E-state index in [0.717, 1.165) is 12.2 Å². The van der Waals surface area contributed by atoms with Crippen LogP contribution in [0.1, 0.15) is 26.2 Å². The number of hydrogen-bond donors (Lipinski definition) is 1. The molecule has 2 atom stereocenters. The van der Waals surface area contributed by atoms with Gasteiger partial charge in [-0.15, -0.1) is 0 Å². The Morgan fingerprint density at radius 3 is 3.10 bits per heavy atom. The van der Waals surface area contributed by atoms with E-state index in [1.165, 1.54) is 32.4 Å². The molecule has 2 heteroatoms. The Labute approximate surface area is 62.6 Å². The molecule has 2 aliphatic heterocycles. The molecule has 2 rings (SSSR count). The molecule has 0 amide bonds. The monoisotopic (exact) mass is 140 g/mol. The Morgan fingerprint density at radius 2 is 2.20 bits per heavy atom. The van der Waals surface area contributed by atoms with Gasteiger partial charge in [-0.05, 0) is 32.7 Å². The molecule has 0 bridgehead atoms. The Morgan fingerprint density at radius 1 is 1.30 bits per heavy atom. The van der Waals surface area contributed by atoms with E-state index in [1.54, 1.807) is 0 Å². The summed E-state index contributed by atoms with van der Waals surface area (Å²) in [6.45, 7) is 4.93. The average molecular weight is 140 g/mol. The molecule has 2 fully saturated rings. The number of nitrogens with zero attached hydrogens (tertiary/aromatic N) is 1. The first kappa shape index (κ1) is 6.62. The van der Waals surface area contributed by atoms with Crippen LogP contribution in [-0.4, -0.2) is 30.2 Å². The smallest absolute Gasteiger partial charge is 0.0599 e. The van der Waals surface area contributed by atoms with Crippen LogP contribution in [0.5, 0.6) is 0 Å². The van der Waals surface area contributed by atoms with Gasteiger partial charge in [0.1, 0.15) is 0 Å². The second kappa shape index (κ2) is 2.51. The summed E-state index contributed by atoms with van der Waals surface area (Å²) in [4.78, 5) is 2.57. The molecular formula is C8H16N2. The number of nitrogens with one attached hydrogen (secondary N) is 1. The molecule has 0 saturated carbocycles. The zero-order chi connectivity index (χ0) is 6.97. The average Bonchev–Trinajstić information content (AvgIpc) is 2.33. The van der Waals surface area contributed by atoms with Gasteiger partial charge in [0.2, 0.25) is 0 Å². The highest BCUT2D eigenvalue weighted by Crippen LogP contribution is 2.19. The van der Waals surface area contributed by atoms with Crippen LogP contribution in [0.2, 0.25) is 0 Å². The van der Waals surface area contributed by atoms with E-state index in [-0.39, 0.29) is 0 Å². The van der Waals surface area contributed by atoms with Crippen molar-refractivity contribution in [3.63, 3.8) is 0 Å². The summed E-state index contributed by atoms with van der Waals surface area (Å²) >= 11 is 0. The minimum atomic E-state index is 0.726. The third-order valence-electron chi connectivity index (χ3n) is 2.69. The molecule has 2 heterocycles. The van der Waals surface area contributed by atoms with Crippen LogP contribution in [0.4, 0.5) is 0 Å². The van der Waals surface area contributed by atoms with Crippen LogP contribution >= 0.6 is 0 Å². The predicted molar refractivity (Wildman–Crippen MR) is 41.8 cm³/mol. The highest BCUT2D eigenvalue weighted by Gasteiger charge is 2.28. The summed E-state index contributed by atoms with van der Waals surface area (Å²) in [5.74, 6) is 0. The fourth-order valence-corrected chi connectivity index (χ4v) is 2.05. The molecule has 0 unspecified atom stereocenters. The number of hydrogen-bond acceptors (Lipinski definition) is 2. The Bertz CT molecular complexity index is 124. The van der Waals surface area contributed by atoms with Crippen LogP contribution in [-0.2, 0) is 0 Å². The van der Waals surface area contributed by atoms with Crippen LogP contribution in [0.3, 0.4) is 0 Å². The van der Waals surface area contributed by atoms with Crippen molar-refractivity contribution in [2.75, 3.05) is 13.1 Å². The van der Waals surface area contributed by atoms with E-state index in [9.17, 15) is 0 Å². The van der Waals surface area contributed by atoms with Crippen LogP contribution in [0.25, 0.3) is 0 Å². The molecule has 58 valence electrons. The third kappa shape index (κ3) is 1.06. The highest BCUT2D eigenvalue weighted by molar-refractivity contribution is 4.84. The standard InChI is InChI=1S/C8H16N2/c1-7-4-6-10-5-2-3-8(10)9-7/h7-9H,2-6H2,1H3/t7-,8+/m0/s1. The first-order chi connectivity index (χ1) is 4.86. The van der Waals surface area contributed by atoms with E-state index in [2.05, 4.69) is 17.1 Å². The summed E-state index contributed by atoms with van der Waals surface area (Å²) in [5, 5.41) is 3.60. The van der Waals surface area contributed by atoms with E-state index < -0.39 is 0 Å². The number of rotatable bonds is 0. The lowest BCUT2D eigenvalue weighted by Crippen LogP contribution is -2.51. The molecule has 0 radical (unpaired) electrons. The Balaban J connectivity index is 1.96. The topological polar surface area (TPSA) is 15.3 Å². The molecule has 2 nitrogen and oxygen atoms in total. The molecule has 2 aliphatic rings. The van der Waals surface area contributed by atoms with E-state index in [4.69, 9.17) is 0 Å². The minimum absolute atomic E-state index is 0.726. The van der Waals surface area contributed by atoms with Crippen molar-refractivity contribution < 1.29 is 0 Å². The molecule has 10 heavy (non-hydrogen) atoms. The fraction of sp³-hybridized carbons (Fsp3) is 1.00. The van der Waals surface area contributed by atoms with Crippen molar-refractivity contribution in [1.29, 1.82) is 0 Å². The van der Waals surface area contributed by atoms with E-state index >= 15 is 0 Å². The summed E-state index contributed by atoms with van der Waals surface area (Å²) in [6, 6.07) is 0.749. The lowest BCUT2D eigenvalue weighted by atomic mass is 10.1. The van der Waals surface area contributed by atoms with E-state index in [0.29, 0.717) is 0 Å². The summed E-state index contributed by atoms with van der Waals surface area (Å²) in [7, 11) is 0. The molecule has 1 N–H and O–H groups in total. The lowest BCUT2D eigenvalue weighted by Gasteiger charge is -2.34. The molecule has 0 aliphatic carbocycles. The van der Waals surface area contributed by atoms with Gasteiger partial charge < -0.3 is 0 Å². The SMILES string of the molecule is C[C@H]1CCN2CCC[C@@H]2N1. The quantitative estimate of drug-likeness (QED) is 0.535. The molecule has 0 aromatic heterocycles. The fourth-order valence-electron chi connectivity index (χ4n) is 2.05. The van der Waals surface area contributed by atoms with E-state index in [1.807, 2.05) is 0 Å². The second-order valence-electron chi connectivity index (χ2n) is 3.55. The lowest BCUT2D eigenvalue weighted by molar-refractivity contribution is 0.151. The van der Waals surface area contributed by atoms with Gasteiger partial charge in [-0.3, -0.25) is 10.2 Å². The predicted octanol–water partition coefficient (Wildman–Crippen LogP) is 0.790. The zero-order valence-electron chi connectivity index (χ0n) is 6.64. The van der Waals surface area contributed by atoms with Gasteiger partial charge >= 0.3 is 0 Å². The molecule has 0 aromatic carbocycles.